The second-order valence-electron chi connectivity index (χ2n) is 8.01. The summed E-state index contributed by atoms with van der Waals surface area (Å²) in [7, 11) is 0. The van der Waals surface area contributed by atoms with Crippen molar-refractivity contribution in [1.29, 1.82) is 0 Å². The Morgan fingerprint density at radius 2 is 1.38 bits per heavy atom. The molecule has 0 N–H and O–H groups in total. The molecule has 2 rings (SSSR count). The predicted octanol–water partition coefficient (Wildman–Crippen LogP) is 2.02. The molecule has 0 aliphatic heterocycles. The first kappa shape index (κ1) is 31.8. The van der Waals surface area contributed by atoms with Crippen LogP contribution in [-0.2, 0) is 47.7 Å². The number of thioether (sulfide) groups is 1. The molecule has 5 atom stereocenters. The maximum atomic E-state index is 12.3. The Morgan fingerprint density at radius 1 is 0.821 bits per heavy atom. The van der Waals surface area contributed by atoms with Crippen LogP contribution in [0, 0.1) is 0 Å². The number of fused-ring (bicyclic) bond motifs is 1. The molecule has 0 aliphatic rings. The lowest BCUT2D eigenvalue weighted by Gasteiger charge is -2.38. The van der Waals surface area contributed by atoms with Gasteiger partial charge in [0.1, 0.15) is 23.8 Å². The summed E-state index contributed by atoms with van der Waals surface area (Å²) in [6, 6.07) is 0. The van der Waals surface area contributed by atoms with Crippen molar-refractivity contribution in [3.05, 3.63) is 17.8 Å². The maximum Gasteiger partial charge on any atom is 0.303 e. The van der Waals surface area contributed by atoms with E-state index in [0.29, 0.717) is 5.75 Å². The average Bonchev–Trinajstić information content (AvgIpc) is 3.26. The Morgan fingerprint density at radius 3 is 1.92 bits per heavy atom. The summed E-state index contributed by atoms with van der Waals surface area (Å²) in [4.78, 5) is 72.7. The molecule has 0 saturated heterocycles. The summed E-state index contributed by atoms with van der Waals surface area (Å²) in [6.07, 6.45) is -3.34. The van der Waals surface area contributed by atoms with Crippen molar-refractivity contribution in [2.24, 2.45) is 0 Å². The van der Waals surface area contributed by atoms with Gasteiger partial charge in [-0.2, -0.15) is 0 Å². The van der Waals surface area contributed by atoms with Crippen molar-refractivity contribution in [3.63, 3.8) is 0 Å². The SMILES string of the molecule is CCS[C@H]([C@@H](OC(C)=O)[C@H](OC(C)=O)[C@H](OC(C)=O)[C@@H](COC(C)=O)OC(C)=O)n1cnc2c(Cl)ncnc21. The Hall–Kier alpha value is -3.46. The molecule has 0 spiro atoms. The van der Waals surface area contributed by atoms with Crippen LogP contribution in [0.4, 0.5) is 0 Å². The lowest BCUT2D eigenvalue weighted by Crippen LogP contribution is -2.54. The third kappa shape index (κ3) is 9.06. The number of carbonyl (C=O) groups excluding carboxylic acids is 5. The van der Waals surface area contributed by atoms with Crippen LogP contribution < -0.4 is 0 Å². The van der Waals surface area contributed by atoms with Gasteiger partial charge in [-0.05, 0) is 5.75 Å². The van der Waals surface area contributed by atoms with Crippen LogP contribution in [0.25, 0.3) is 11.2 Å². The van der Waals surface area contributed by atoms with Gasteiger partial charge in [-0.3, -0.25) is 28.5 Å². The Bertz CT molecular complexity index is 1210. The summed E-state index contributed by atoms with van der Waals surface area (Å²) < 4.78 is 28.6. The van der Waals surface area contributed by atoms with E-state index >= 15 is 0 Å². The summed E-state index contributed by atoms with van der Waals surface area (Å²) in [6.45, 7) is 6.80. The monoisotopic (exact) mass is 588 g/mol. The zero-order valence-electron chi connectivity index (χ0n) is 22.1. The lowest BCUT2D eigenvalue weighted by molar-refractivity contribution is -0.203. The topological polar surface area (TPSA) is 175 Å². The van der Waals surface area contributed by atoms with Gasteiger partial charge in [-0.15, -0.1) is 11.8 Å². The van der Waals surface area contributed by atoms with Crippen LogP contribution in [0.1, 0.15) is 46.9 Å². The number of carbonyl (C=O) groups is 5. The van der Waals surface area contributed by atoms with Crippen molar-refractivity contribution in [1.82, 2.24) is 19.5 Å². The highest BCUT2D eigenvalue weighted by Gasteiger charge is 2.47. The molecule has 0 aliphatic carbocycles. The van der Waals surface area contributed by atoms with Gasteiger partial charge in [-0.25, -0.2) is 15.0 Å². The van der Waals surface area contributed by atoms with Gasteiger partial charge in [0.25, 0.3) is 0 Å². The molecular formula is C23H29ClN4O10S. The minimum Gasteiger partial charge on any atom is -0.462 e. The molecule has 14 nitrogen and oxygen atoms in total. The van der Waals surface area contributed by atoms with E-state index in [1.165, 1.54) is 24.4 Å². The third-order valence-electron chi connectivity index (χ3n) is 4.90. The predicted molar refractivity (Wildman–Crippen MR) is 136 cm³/mol. The number of rotatable bonds is 13. The van der Waals surface area contributed by atoms with Crippen LogP contribution in [0.2, 0.25) is 5.15 Å². The fourth-order valence-corrected chi connectivity index (χ4v) is 4.89. The molecule has 0 bridgehead atoms. The second-order valence-corrected chi connectivity index (χ2v) is 9.76. The summed E-state index contributed by atoms with van der Waals surface area (Å²) in [5.41, 5.74) is 0.538. The normalized spacial score (nSPS) is 14.8. The number of aromatic nitrogens is 4. The Labute approximate surface area is 233 Å². The van der Waals surface area contributed by atoms with Gasteiger partial charge in [0.2, 0.25) is 0 Å². The minimum atomic E-state index is -1.58. The summed E-state index contributed by atoms with van der Waals surface area (Å²) >= 11 is 7.43. The number of imidazole rings is 1. The molecule has 0 unspecified atom stereocenters. The molecule has 0 radical (unpaired) electrons. The second kappa shape index (κ2) is 14.6. The van der Waals surface area contributed by atoms with Crippen LogP contribution in [-0.4, -0.2) is 86.1 Å². The fraction of sp³-hybridized carbons (Fsp3) is 0.565. The van der Waals surface area contributed by atoms with Crippen LogP contribution in [0.15, 0.2) is 12.7 Å². The number of halogens is 1. The first-order valence-electron chi connectivity index (χ1n) is 11.6. The third-order valence-corrected chi connectivity index (χ3v) is 6.34. The number of ether oxygens (including phenoxy) is 5. The quantitative estimate of drug-likeness (QED) is 0.189. The largest absolute Gasteiger partial charge is 0.462 e. The molecular weight excluding hydrogens is 560 g/mol. The molecule has 0 aromatic carbocycles. The van der Waals surface area contributed by atoms with Crippen molar-refractivity contribution in [3.8, 4) is 0 Å². The summed E-state index contributed by atoms with van der Waals surface area (Å²) in [5, 5.41) is -0.808. The maximum absolute atomic E-state index is 12.3. The molecule has 39 heavy (non-hydrogen) atoms. The fourth-order valence-electron chi connectivity index (χ4n) is 3.66. The van der Waals surface area contributed by atoms with E-state index in [1.807, 2.05) is 6.92 Å². The molecule has 214 valence electrons. The Balaban J connectivity index is 2.76. The average molecular weight is 589 g/mol. The van der Waals surface area contributed by atoms with Crippen molar-refractivity contribution >= 4 is 64.4 Å². The van der Waals surface area contributed by atoms with Gasteiger partial charge >= 0.3 is 29.8 Å². The molecule has 16 heteroatoms. The van der Waals surface area contributed by atoms with Crippen molar-refractivity contribution < 1.29 is 47.7 Å². The van der Waals surface area contributed by atoms with E-state index in [9.17, 15) is 24.0 Å². The van der Waals surface area contributed by atoms with Gasteiger partial charge in [0.05, 0.1) is 6.33 Å². The van der Waals surface area contributed by atoms with Gasteiger partial charge in [-0.1, -0.05) is 18.5 Å². The van der Waals surface area contributed by atoms with E-state index in [4.69, 9.17) is 35.3 Å². The van der Waals surface area contributed by atoms with E-state index in [2.05, 4.69) is 15.0 Å². The zero-order chi connectivity index (χ0) is 29.3. The molecule has 2 aromatic rings. The van der Waals surface area contributed by atoms with Gasteiger partial charge in [0, 0.05) is 34.6 Å². The standard InChI is InChI=1S/C23H29ClN4O10S/c1-7-39-23(28-10-27-17-21(24)25-9-26-22(17)28)20(38-15(6)33)19(37-14(5)32)18(36-13(4)31)16(35-12(3)30)8-34-11(2)29/h9-10,16,18-20,23H,7-8H2,1-6H3/t16-,18-,19-,20+,23-/m1/s1. The van der Waals surface area contributed by atoms with Crippen molar-refractivity contribution in [2.45, 2.75) is 71.3 Å². The van der Waals surface area contributed by atoms with Crippen LogP contribution in [0.5, 0.6) is 0 Å². The van der Waals surface area contributed by atoms with Gasteiger partial charge in [0.15, 0.2) is 35.2 Å². The number of nitrogens with zero attached hydrogens (tertiary/aromatic N) is 4. The zero-order valence-corrected chi connectivity index (χ0v) is 23.7. The molecule has 2 aromatic heterocycles. The van der Waals surface area contributed by atoms with Crippen LogP contribution in [0.3, 0.4) is 0 Å². The first-order chi connectivity index (χ1) is 18.3. The van der Waals surface area contributed by atoms with Crippen molar-refractivity contribution in [2.75, 3.05) is 12.4 Å². The highest BCUT2D eigenvalue weighted by Crippen LogP contribution is 2.36. The minimum absolute atomic E-state index is 0.0775. The van der Waals surface area contributed by atoms with E-state index in [-0.39, 0.29) is 16.3 Å². The number of hydrogen-bond donors (Lipinski definition) is 0. The molecule has 0 fully saturated rings. The highest BCUT2D eigenvalue weighted by atomic mass is 35.5. The first-order valence-corrected chi connectivity index (χ1v) is 13.0. The van der Waals surface area contributed by atoms with E-state index in [1.54, 1.807) is 4.57 Å². The number of esters is 5. The van der Waals surface area contributed by atoms with E-state index < -0.39 is 66.2 Å². The van der Waals surface area contributed by atoms with Gasteiger partial charge < -0.3 is 23.7 Å². The molecule has 0 saturated carbocycles. The molecule has 2 heterocycles. The number of hydrogen-bond acceptors (Lipinski definition) is 14. The highest BCUT2D eigenvalue weighted by molar-refractivity contribution is 7.99. The Kier molecular flexibility index (Phi) is 11.9. The smallest absolute Gasteiger partial charge is 0.303 e. The summed E-state index contributed by atoms with van der Waals surface area (Å²) in [5.74, 6) is -3.49. The van der Waals surface area contributed by atoms with Crippen LogP contribution >= 0.6 is 23.4 Å². The lowest BCUT2D eigenvalue weighted by atomic mass is 10.0. The van der Waals surface area contributed by atoms with E-state index in [0.717, 1.165) is 34.6 Å². The molecule has 0 amide bonds.